The molecule has 0 aliphatic carbocycles. The van der Waals surface area contributed by atoms with E-state index in [9.17, 15) is 18.4 Å². The second kappa shape index (κ2) is 6.72. The lowest BCUT2D eigenvalue weighted by Crippen LogP contribution is -2.27. The zero-order valence-corrected chi connectivity index (χ0v) is 14.4. The Balaban J connectivity index is 1.88. The van der Waals surface area contributed by atoms with E-state index in [0.29, 0.717) is 20.8 Å². The third-order valence-corrected chi connectivity index (χ3v) is 4.93. The highest BCUT2D eigenvalue weighted by atomic mass is 32.1. The lowest BCUT2D eigenvalue weighted by atomic mass is 10.3. The second-order valence-electron chi connectivity index (χ2n) is 5.55. The molecule has 0 saturated carbocycles. The predicted molar refractivity (Wildman–Crippen MR) is 91.1 cm³/mol. The van der Waals surface area contributed by atoms with Gasteiger partial charge in [0.1, 0.15) is 5.82 Å². The summed E-state index contributed by atoms with van der Waals surface area (Å²) in [4.78, 5) is 30.2. The van der Waals surface area contributed by atoms with E-state index in [4.69, 9.17) is 0 Å². The van der Waals surface area contributed by atoms with Gasteiger partial charge in [0.05, 0.1) is 27.3 Å². The lowest BCUT2D eigenvalue weighted by Gasteiger charge is -2.17. The molecule has 2 heterocycles. The van der Waals surface area contributed by atoms with Crippen LogP contribution in [0, 0.1) is 0 Å². The molecular formula is C17H15F2N3O2S. The fourth-order valence-electron chi connectivity index (χ4n) is 2.54. The number of benzene rings is 1. The van der Waals surface area contributed by atoms with Crippen molar-refractivity contribution in [3.05, 3.63) is 52.0 Å². The molecule has 0 bridgehead atoms. The fourth-order valence-corrected chi connectivity index (χ4v) is 3.43. The van der Waals surface area contributed by atoms with Gasteiger partial charge in [0.25, 0.3) is 5.91 Å². The van der Waals surface area contributed by atoms with E-state index in [1.807, 2.05) is 0 Å². The maximum Gasteiger partial charge on any atom is 0.320 e. The molecule has 5 nitrogen and oxygen atoms in total. The first-order valence-corrected chi connectivity index (χ1v) is 8.30. The molecule has 0 saturated heterocycles. The van der Waals surface area contributed by atoms with Crippen LogP contribution < -0.4 is 0 Å². The van der Waals surface area contributed by atoms with E-state index in [-0.39, 0.29) is 24.1 Å². The summed E-state index contributed by atoms with van der Waals surface area (Å²) in [7, 11) is 1.52. The minimum Gasteiger partial charge on any atom is -0.334 e. The summed E-state index contributed by atoms with van der Waals surface area (Å²) >= 11 is 1.09. The molecule has 0 aliphatic heterocycles. The molecule has 3 rings (SSSR count). The Morgan fingerprint density at radius 1 is 1.20 bits per heavy atom. The number of aromatic nitrogens is 2. The van der Waals surface area contributed by atoms with Gasteiger partial charge in [0.15, 0.2) is 5.78 Å². The minimum atomic E-state index is -2.75. The number of thiophene rings is 1. The highest BCUT2D eigenvalue weighted by Gasteiger charge is 2.22. The number of nitrogens with zero attached hydrogens (tertiary/aromatic N) is 3. The summed E-state index contributed by atoms with van der Waals surface area (Å²) in [5.74, 6) is -0.355. The van der Waals surface area contributed by atoms with Crippen LogP contribution >= 0.6 is 11.3 Å². The van der Waals surface area contributed by atoms with Crippen LogP contribution in [0.1, 0.15) is 38.6 Å². The van der Waals surface area contributed by atoms with Gasteiger partial charge in [-0.3, -0.25) is 14.2 Å². The van der Waals surface area contributed by atoms with Gasteiger partial charge in [-0.1, -0.05) is 12.1 Å². The van der Waals surface area contributed by atoms with Gasteiger partial charge in [-0.05, 0) is 31.2 Å². The second-order valence-corrected chi connectivity index (χ2v) is 6.63. The number of hydrogen-bond acceptors (Lipinski definition) is 4. The first-order valence-electron chi connectivity index (χ1n) is 7.48. The molecule has 3 aromatic rings. The van der Waals surface area contributed by atoms with E-state index >= 15 is 0 Å². The smallest absolute Gasteiger partial charge is 0.320 e. The fraction of sp³-hybridized carbons (Fsp3) is 0.235. The minimum absolute atomic E-state index is 0.0643. The Morgan fingerprint density at radius 2 is 1.88 bits per heavy atom. The van der Waals surface area contributed by atoms with Crippen molar-refractivity contribution in [2.75, 3.05) is 7.05 Å². The van der Waals surface area contributed by atoms with E-state index in [1.165, 1.54) is 18.9 Å². The number of imidazole rings is 1. The molecule has 0 aliphatic rings. The van der Waals surface area contributed by atoms with E-state index in [1.54, 1.807) is 36.4 Å². The monoisotopic (exact) mass is 363 g/mol. The average molecular weight is 363 g/mol. The highest BCUT2D eigenvalue weighted by molar-refractivity contribution is 7.15. The maximum atomic E-state index is 13.4. The van der Waals surface area contributed by atoms with Crippen LogP contribution in [0.25, 0.3) is 11.0 Å². The van der Waals surface area contributed by atoms with E-state index < -0.39 is 6.55 Å². The SMILES string of the molecule is CC(=O)c1ccc(C(=O)N(C)Cc2nc3ccccc3n2C(F)F)s1. The van der Waals surface area contributed by atoms with Crippen molar-refractivity contribution < 1.29 is 18.4 Å². The number of halogens is 2. The molecule has 0 spiro atoms. The number of para-hydroxylation sites is 2. The maximum absolute atomic E-state index is 13.4. The van der Waals surface area contributed by atoms with Gasteiger partial charge in [0.2, 0.25) is 0 Å². The van der Waals surface area contributed by atoms with Crippen molar-refractivity contribution in [3.63, 3.8) is 0 Å². The van der Waals surface area contributed by atoms with Gasteiger partial charge in [0, 0.05) is 7.05 Å². The van der Waals surface area contributed by atoms with Crippen molar-refractivity contribution in [1.29, 1.82) is 0 Å². The van der Waals surface area contributed by atoms with Crippen molar-refractivity contribution in [1.82, 2.24) is 14.5 Å². The molecule has 0 N–H and O–H groups in total. The third kappa shape index (κ3) is 3.30. The van der Waals surface area contributed by atoms with Crippen LogP contribution in [0.3, 0.4) is 0 Å². The highest BCUT2D eigenvalue weighted by Crippen LogP contribution is 2.25. The third-order valence-electron chi connectivity index (χ3n) is 3.75. The average Bonchev–Trinajstić information content (AvgIpc) is 3.18. The van der Waals surface area contributed by atoms with Gasteiger partial charge in [-0.15, -0.1) is 11.3 Å². The molecule has 0 radical (unpaired) electrons. The van der Waals surface area contributed by atoms with Crippen LogP contribution in [-0.2, 0) is 6.54 Å². The Morgan fingerprint density at radius 3 is 2.52 bits per heavy atom. The lowest BCUT2D eigenvalue weighted by molar-refractivity contribution is 0.0648. The summed E-state index contributed by atoms with van der Waals surface area (Å²) < 4.78 is 27.7. The summed E-state index contributed by atoms with van der Waals surface area (Å²) in [6.45, 7) is -1.39. The number of fused-ring (bicyclic) bond motifs is 1. The van der Waals surface area contributed by atoms with Crippen molar-refractivity contribution in [2.45, 2.75) is 20.0 Å². The Labute approximate surface area is 146 Å². The number of Topliss-reactive ketones (excluding diaryl/α,β-unsaturated/α-hetero) is 1. The number of hydrogen-bond donors (Lipinski definition) is 0. The number of carbonyl (C=O) groups is 2. The van der Waals surface area contributed by atoms with Gasteiger partial charge < -0.3 is 4.90 Å². The van der Waals surface area contributed by atoms with Gasteiger partial charge in [-0.25, -0.2) is 4.98 Å². The number of carbonyl (C=O) groups excluding carboxylic acids is 2. The van der Waals surface area contributed by atoms with E-state index in [0.717, 1.165) is 15.9 Å². The predicted octanol–water partition coefficient (Wildman–Crippen LogP) is 3.97. The van der Waals surface area contributed by atoms with E-state index in [2.05, 4.69) is 4.98 Å². The van der Waals surface area contributed by atoms with Crippen molar-refractivity contribution in [3.8, 4) is 0 Å². The van der Waals surface area contributed by atoms with Crippen LogP contribution in [-0.4, -0.2) is 33.2 Å². The summed E-state index contributed by atoms with van der Waals surface area (Å²) in [5.41, 5.74) is 0.775. The van der Waals surface area contributed by atoms with Crippen molar-refractivity contribution >= 4 is 34.1 Å². The quantitative estimate of drug-likeness (QED) is 0.645. The Hall–Kier alpha value is -2.61. The molecule has 0 unspecified atom stereocenters. The van der Waals surface area contributed by atoms with Crippen LogP contribution in [0.15, 0.2) is 36.4 Å². The first-order chi connectivity index (χ1) is 11.9. The first kappa shape index (κ1) is 17.2. The largest absolute Gasteiger partial charge is 0.334 e. The normalized spacial score (nSPS) is 11.2. The summed E-state index contributed by atoms with van der Waals surface area (Å²) in [6.07, 6.45) is 0. The molecule has 1 aromatic carbocycles. The molecular weight excluding hydrogens is 348 g/mol. The van der Waals surface area contributed by atoms with Gasteiger partial charge in [-0.2, -0.15) is 8.78 Å². The number of rotatable bonds is 5. The zero-order valence-electron chi connectivity index (χ0n) is 13.6. The topological polar surface area (TPSA) is 55.2 Å². The number of ketones is 1. The standard InChI is InChI=1S/C17H15F2N3O2S/c1-10(23)13-7-8-14(25-13)16(24)21(2)9-15-20-11-5-3-4-6-12(11)22(15)17(18)19/h3-8,17H,9H2,1-2H3. The molecule has 2 aromatic heterocycles. The van der Waals surface area contributed by atoms with Crippen LogP contribution in [0.5, 0.6) is 0 Å². The zero-order chi connectivity index (χ0) is 18.1. The van der Waals surface area contributed by atoms with Gasteiger partial charge >= 0.3 is 6.55 Å². The molecule has 130 valence electrons. The molecule has 0 atom stereocenters. The summed E-state index contributed by atoms with van der Waals surface area (Å²) in [5, 5.41) is 0. The Bertz CT molecular complexity index is 948. The molecule has 0 fully saturated rings. The molecule has 1 amide bonds. The Kier molecular flexibility index (Phi) is 4.63. The number of amides is 1. The van der Waals surface area contributed by atoms with Crippen LogP contribution in [0.4, 0.5) is 8.78 Å². The molecule has 25 heavy (non-hydrogen) atoms. The number of alkyl halides is 2. The van der Waals surface area contributed by atoms with Crippen LogP contribution in [0.2, 0.25) is 0 Å². The molecule has 8 heteroatoms. The summed E-state index contributed by atoms with van der Waals surface area (Å²) in [6, 6.07) is 9.75. The van der Waals surface area contributed by atoms with Crippen molar-refractivity contribution in [2.24, 2.45) is 0 Å².